The zero-order valence-electron chi connectivity index (χ0n) is 12.1. The zero-order chi connectivity index (χ0) is 13.7. The van der Waals surface area contributed by atoms with Crippen molar-refractivity contribution in [3.05, 3.63) is 0 Å². The van der Waals surface area contributed by atoms with E-state index in [1.807, 2.05) is 11.8 Å². The molecular weight excluding hydrogens is 258 g/mol. The number of nitrogens with one attached hydrogen (secondary N) is 2. The van der Waals surface area contributed by atoms with E-state index < -0.39 is 5.60 Å². The van der Waals surface area contributed by atoms with Crippen LogP contribution in [0.2, 0.25) is 0 Å². The number of aliphatic hydroxyl groups is 1. The molecule has 2 fully saturated rings. The van der Waals surface area contributed by atoms with Crippen LogP contribution in [0, 0.1) is 5.92 Å². The molecule has 2 rings (SSSR count). The average molecular weight is 285 g/mol. The van der Waals surface area contributed by atoms with E-state index >= 15 is 0 Å². The molecule has 1 aliphatic carbocycles. The first kappa shape index (κ1) is 15.0. The van der Waals surface area contributed by atoms with Crippen LogP contribution in [-0.4, -0.2) is 47.8 Å². The standard InChI is InChI=1S/C14H27N3OS/c1-11-4-3-5-12(8-11)17-13(15-2)16-9-14(18)6-7-19-10-14/h11-12,18H,3-10H2,1-2H3,(H2,15,16,17). The van der Waals surface area contributed by atoms with Crippen LogP contribution >= 0.6 is 11.8 Å². The highest BCUT2D eigenvalue weighted by molar-refractivity contribution is 7.99. The smallest absolute Gasteiger partial charge is 0.191 e. The number of rotatable bonds is 3. The molecule has 1 saturated heterocycles. The van der Waals surface area contributed by atoms with Gasteiger partial charge < -0.3 is 15.7 Å². The van der Waals surface area contributed by atoms with Crippen molar-refractivity contribution in [1.29, 1.82) is 0 Å². The van der Waals surface area contributed by atoms with Gasteiger partial charge in [-0.15, -0.1) is 0 Å². The quantitative estimate of drug-likeness (QED) is 0.544. The van der Waals surface area contributed by atoms with Crippen LogP contribution in [0.5, 0.6) is 0 Å². The highest BCUT2D eigenvalue weighted by Gasteiger charge is 2.31. The summed E-state index contributed by atoms with van der Waals surface area (Å²) in [5.74, 6) is 3.53. The van der Waals surface area contributed by atoms with Gasteiger partial charge in [0.05, 0.1) is 5.60 Å². The van der Waals surface area contributed by atoms with Crippen molar-refractivity contribution in [2.75, 3.05) is 25.1 Å². The van der Waals surface area contributed by atoms with Crippen LogP contribution in [0.4, 0.5) is 0 Å². The SMILES string of the molecule is CN=C(NCC1(O)CCSC1)NC1CCCC(C)C1. The Kier molecular flexibility index (Phi) is 5.39. The number of thioether (sulfide) groups is 1. The topological polar surface area (TPSA) is 56.7 Å². The van der Waals surface area contributed by atoms with Crippen LogP contribution in [0.1, 0.15) is 39.0 Å². The number of hydrogen-bond acceptors (Lipinski definition) is 3. The molecule has 5 heteroatoms. The molecule has 3 N–H and O–H groups in total. The Labute approximate surface area is 120 Å². The first-order valence-electron chi connectivity index (χ1n) is 7.39. The molecule has 2 aliphatic rings. The number of guanidine groups is 1. The Balaban J connectivity index is 1.77. The molecule has 0 amide bonds. The first-order chi connectivity index (χ1) is 9.11. The summed E-state index contributed by atoms with van der Waals surface area (Å²) in [6.07, 6.45) is 5.98. The molecule has 110 valence electrons. The molecule has 4 nitrogen and oxygen atoms in total. The summed E-state index contributed by atoms with van der Waals surface area (Å²) in [6, 6.07) is 0.530. The lowest BCUT2D eigenvalue weighted by molar-refractivity contribution is 0.0723. The van der Waals surface area contributed by atoms with Crippen molar-refractivity contribution in [3.8, 4) is 0 Å². The van der Waals surface area contributed by atoms with Gasteiger partial charge in [0.25, 0.3) is 0 Å². The summed E-state index contributed by atoms with van der Waals surface area (Å²) in [5, 5.41) is 17.1. The van der Waals surface area contributed by atoms with Gasteiger partial charge in [0.15, 0.2) is 5.96 Å². The summed E-state index contributed by atoms with van der Waals surface area (Å²) < 4.78 is 0. The molecule has 0 bridgehead atoms. The minimum Gasteiger partial charge on any atom is -0.387 e. The predicted molar refractivity (Wildman–Crippen MR) is 82.8 cm³/mol. The fourth-order valence-electron chi connectivity index (χ4n) is 2.94. The van der Waals surface area contributed by atoms with Crippen molar-refractivity contribution >= 4 is 17.7 Å². The van der Waals surface area contributed by atoms with Gasteiger partial charge in [-0.1, -0.05) is 19.8 Å². The van der Waals surface area contributed by atoms with E-state index in [1.165, 1.54) is 25.7 Å². The summed E-state index contributed by atoms with van der Waals surface area (Å²) in [7, 11) is 1.80. The van der Waals surface area contributed by atoms with Crippen LogP contribution in [-0.2, 0) is 0 Å². The fourth-order valence-corrected chi connectivity index (χ4v) is 4.23. The molecule has 3 unspecified atom stereocenters. The summed E-state index contributed by atoms with van der Waals surface area (Å²) in [5.41, 5.74) is -0.553. The lowest BCUT2D eigenvalue weighted by Gasteiger charge is -2.30. The first-order valence-corrected chi connectivity index (χ1v) is 8.54. The lowest BCUT2D eigenvalue weighted by Crippen LogP contribution is -2.50. The Morgan fingerprint density at radius 2 is 2.32 bits per heavy atom. The van der Waals surface area contributed by atoms with Crippen LogP contribution in [0.25, 0.3) is 0 Å². The molecule has 1 saturated carbocycles. The third-order valence-electron chi connectivity index (χ3n) is 4.17. The van der Waals surface area contributed by atoms with E-state index in [2.05, 4.69) is 22.5 Å². The minimum absolute atomic E-state index is 0.530. The van der Waals surface area contributed by atoms with Crippen molar-refractivity contribution < 1.29 is 5.11 Å². The molecule has 0 aromatic heterocycles. The molecule has 0 radical (unpaired) electrons. The third kappa shape index (κ3) is 4.56. The van der Waals surface area contributed by atoms with Gasteiger partial charge in [-0.2, -0.15) is 11.8 Å². The van der Waals surface area contributed by atoms with E-state index in [0.29, 0.717) is 12.6 Å². The largest absolute Gasteiger partial charge is 0.387 e. The number of hydrogen-bond donors (Lipinski definition) is 3. The Morgan fingerprint density at radius 3 is 2.95 bits per heavy atom. The molecule has 0 spiro atoms. The monoisotopic (exact) mass is 285 g/mol. The maximum absolute atomic E-state index is 10.3. The highest BCUT2D eigenvalue weighted by Crippen LogP contribution is 2.27. The van der Waals surface area contributed by atoms with E-state index in [9.17, 15) is 5.11 Å². The molecule has 3 atom stereocenters. The summed E-state index contributed by atoms with van der Waals surface area (Å²) in [6.45, 7) is 2.92. The fraction of sp³-hybridized carbons (Fsp3) is 0.929. The highest BCUT2D eigenvalue weighted by atomic mass is 32.2. The Morgan fingerprint density at radius 1 is 1.47 bits per heavy atom. The van der Waals surface area contributed by atoms with Gasteiger partial charge in [0, 0.05) is 25.4 Å². The molecule has 1 aliphatic heterocycles. The van der Waals surface area contributed by atoms with Crippen molar-refractivity contribution in [1.82, 2.24) is 10.6 Å². The van der Waals surface area contributed by atoms with E-state index in [0.717, 1.165) is 29.8 Å². The van der Waals surface area contributed by atoms with Crippen LogP contribution < -0.4 is 10.6 Å². The zero-order valence-corrected chi connectivity index (χ0v) is 12.9. The number of aliphatic imine (C=N–C) groups is 1. The Hall–Kier alpha value is -0.420. The van der Waals surface area contributed by atoms with Crippen molar-refractivity contribution in [2.24, 2.45) is 10.9 Å². The summed E-state index contributed by atoms with van der Waals surface area (Å²) >= 11 is 1.83. The van der Waals surface area contributed by atoms with Gasteiger partial charge in [-0.05, 0) is 30.9 Å². The third-order valence-corrected chi connectivity index (χ3v) is 5.40. The Bertz CT molecular complexity index is 316. The minimum atomic E-state index is -0.553. The maximum atomic E-state index is 10.3. The molecule has 0 aromatic carbocycles. The van der Waals surface area contributed by atoms with E-state index in [-0.39, 0.29) is 0 Å². The second kappa shape index (κ2) is 6.84. The van der Waals surface area contributed by atoms with Gasteiger partial charge in [0.2, 0.25) is 0 Å². The van der Waals surface area contributed by atoms with E-state index in [4.69, 9.17) is 0 Å². The van der Waals surface area contributed by atoms with Crippen LogP contribution in [0.15, 0.2) is 4.99 Å². The lowest BCUT2D eigenvalue weighted by atomic mass is 9.87. The maximum Gasteiger partial charge on any atom is 0.191 e. The normalized spacial score (nSPS) is 36.3. The van der Waals surface area contributed by atoms with Crippen molar-refractivity contribution in [2.45, 2.75) is 50.7 Å². The van der Waals surface area contributed by atoms with Gasteiger partial charge in [0.1, 0.15) is 0 Å². The number of nitrogens with zero attached hydrogens (tertiary/aromatic N) is 1. The van der Waals surface area contributed by atoms with Gasteiger partial charge in [-0.3, -0.25) is 4.99 Å². The predicted octanol–water partition coefficient (Wildman–Crippen LogP) is 1.60. The molecule has 19 heavy (non-hydrogen) atoms. The van der Waals surface area contributed by atoms with Gasteiger partial charge >= 0.3 is 0 Å². The molecular formula is C14H27N3OS. The van der Waals surface area contributed by atoms with Crippen LogP contribution in [0.3, 0.4) is 0 Å². The van der Waals surface area contributed by atoms with Gasteiger partial charge in [-0.25, -0.2) is 0 Å². The average Bonchev–Trinajstić information content (AvgIpc) is 2.82. The molecule has 0 aromatic rings. The second-order valence-electron chi connectivity index (χ2n) is 6.07. The summed E-state index contributed by atoms with van der Waals surface area (Å²) in [4.78, 5) is 4.28. The van der Waals surface area contributed by atoms with Crippen molar-refractivity contribution in [3.63, 3.8) is 0 Å². The van der Waals surface area contributed by atoms with E-state index in [1.54, 1.807) is 7.05 Å². The second-order valence-corrected chi connectivity index (χ2v) is 7.17. The molecule has 1 heterocycles.